The van der Waals surface area contributed by atoms with Crippen molar-refractivity contribution in [2.75, 3.05) is 32.1 Å². The van der Waals surface area contributed by atoms with Crippen LogP contribution in [0, 0.1) is 0 Å². The largest absolute Gasteiger partial charge is 0.472 e. The molecule has 9 heteroatoms. The lowest BCUT2D eigenvalue weighted by atomic mass is 10.1. The third-order valence-electron chi connectivity index (χ3n) is 3.80. The van der Waals surface area contributed by atoms with Crippen molar-refractivity contribution in [2.45, 2.75) is 23.2 Å². The van der Waals surface area contributed by atoms with Crippen LogP contribution >= 0.6 is 11.3 Å². The molecule has 1 saturated heterocycles. The smallest absolute Gasteiger partial charge is 0.252 e. The van der Waals surface area contributed by atoms with E-state index in [2.05, 4.69) is 10.2 Å². The summed E-state index contributed by atoms with van der Waals surface area (Å²) in [7, 11) is 0.343. The van der Waals surface area contributed by atoms with Gasteiger partial charge in [-0.05, 0) is 30.4 Å². The van der Waals surface area contributed by atoms with Gasteiger partial charge in [0.15, 0.2) is 5.82 Å². The first-order valence-corrected chi connectivity index (χ1v) is 10.00. The first-order valence-electron chi connectivity index (χ1n) is 7.68. The maximum Gasteiger partial charge on any atom is 0.252 e. The van der Waals surface area contributed by atoms with Gasteiger partial charge in [0.2, 0.25) is 5.88 Å². The first kappa shape index (κ1) is 17.1. The molecule has 2 aromatic rings. The zero-order valence-corrected chi connectivity index (χ0v) is 15.3. The van der Waals surface area contributed by atoms with E-state index in [-0.39, 0.29) is 6.10 Å². The standard InChI is InChI=1S/C15H20N4O3S2/c1-18(2)13-7-8-14(17-16-13)22-12-5-3-9-19(11-12)24(20,21)15-6-4-10-23-15/h4,6-8,10,12H,3,5,9,11H2,1-2H3. The van der Waals surface area contributed by atoms with E-state index in [4.69, 9.17) is 4.74 Å². The molecule has 1 aliphatic rings. The summed E-state index contributed by atoms with van der Waals surface area (Å²) in [5.74, 6) is 1.16. The number of nitrogens with zero attached hydrogens (tertiary/aromatic N) is 4. The van der Waals surface area contributed by atoms with E-state index in [1.807, 2.05) is 25.1 Å². The van der Waals surface area contributed by atoms with Crippen molar-refractivity contribution in [1.82, 2.24) is 14.5 Å². The summed E-state index contributed by atoms with van der Waals surface area (Å²) in [5, 5.41) is 9.89. The quantitative estimate of drug-likeness (QED) is 0.802. The van der Waals surface area contributed by atoms with Crippen LogP contribution in [0.1, 0.15) is 12.8 Å². The van der Waals surface area contributed by atoms with Gasteiger partial charge in [0, 0.05) is 26.7 Å². The maximum atomic E-state index is 12.6. The molecule has 0 bridgehead atoms. The Morgan fingerprint density at radius 3 is 2.75 bits per heavy atom. The molecule has 1 fully saturated rings. The van der Waals surface area contributed by atoms with Crippen molar-refractivity contribution < 1.29 is 13.2 Å². The molecule has 0 spiro atoms. The molecule has 0 aliphatic carbocycles. The Hall–Kier alpha value is -1.71. The molecule has 3 rings (SSSR count). The highest BCUT2D eigenvalue weighted by Gasteiger charge is 2.31. The summed E-state index contributed by atoms with van der Waals surface area (Å²) in [4.78, 5) is 1.85. The Labute approximate surface area is 145 Å². The molecular weight excluding hydrogens is 348 g/mol. The van der Waals surface area contributed by atoms with Crippen LogP contribution in [0.2, 0.25) is 0 Å². The molecule has 2 aromatic heterocycles. The summed E-state index contributed by atoms with van der Waals surface area (Å²) in [6.07, 6.45) is 1.35. The summed E-state index contributed by atoms with van der Waals surface area (Å²) in [6.45, 7) is 0.850. The van der Waals surface area contributed by atoms with Gasteiger partial charge in [0.05, 0.1) is 6.54 Å². The summed E-state index contributed by atoms with van der Waals surface area (Å²) >= 11 is 1.24. The molecule has 130 valence electrons. The zero-order chi connectivity index (χ0) is 17.2. The Morgan fingerprint density at radius 1 is 1.29 bits per heavy atom. The second-order valence-corrected chi connectivity index (χ2v) is 8.91. The molecule has 0 aromatic carbocycles. The molecule has 0 radical (unpaired) electrons. The van der Waals surface area contributed by atoms with Gasteiger partial charge in [-0.1, -0.05) is 6.07 Å². The van der Waals surface area contributed by atoms with Crippen molar-refractivity contribution in [3.8, 4) is 5.88 Å². The number of hydrogen-bond acceptors (Lipinski definition) is 7. The Morgan fingerprint density at radius 2 is 2.12 bits per heavy atom. The minimum Gasteiger partial charge on any atom is -0.472 e. The predicted molar refractivity (Wildman–Crippen MR) is 93.1 cm³/mol. The van der Waals surface area contributed by atoms with E-state index in [0.29, 0.717) is 23.2 Å². The molecule has 1 aliphatic heterocycles. The van der Waals surface area contributed by atoms with Gasteiger partial charge in [0.1, 0.15) is 10.3 Å². The maximum absolute atomic E-state index is 12.6. The highest BCUT2D eigenvalue weighted by atomic mass is 32.2. The fourth-order valence-electron chi connectivity index (χ4n) is 2.54. The lowest BCUT2D eigenvalue weighted by Crippen LogP contribution is -2.44. The normalized spacial score (nSPS) is 19.2. The molecule has 1 atom stereocenters. The van der Waals surface area contributed by atoms with Gasteiger partial charge in [-0.15, -0.1) is 21.5 Å². The number of hydrogen-bond donors (Lipinski definition) is 0. The molecule has 24 heavy (non-hydrogen) atoms. The average Bonchev–Trinajstić information content (AvgIpc) is 3.11. The van der Waals surface area contributed by atoms with Crippen LogP contribution in [0.4, 0.5) is 5.82 Å². The number of aromatic nitrogens is 2. The van der Waals surface area contributed by atoms with E-state index in [0.717, 1.165) is 18.7 Å². The topological polar surface area (TPSA) is 75.6 Å². The predicted octanol–water partition coefficient (Wildman–Crippen LogP) is 1.84. The van der Waals surface area contributed by atoms with Crippen LogP contribution in [0.25, 0.3) is 0 Å². The van der Waals surface area contributed by atoms with E-state index < -0.39 is 10.0 Å². The van der Waals surface area contributed by atoms with E-state index >= 15 is 0 Å². The van der Waals surface area contributed by atoms with Crippen molar-refractivity contribution in [2.24, 2.45) is 0 Å². The Kier molecular flexibility index (Phi) is 5.02. The van der Waals surface area contributed by atoms with Crippen molar-refractivity contribution >= 4 is 27.2 Å². The second-order valence-electron chi connectivity index (χ2n) is 5.80. The molecule has 0 amide bonds. The molecule has 1 unspecified atom stereocenters. The molecule has 0 N–H and O–H groups in total. The Bertz CT molecular complexity index is 761. The molecule has 0 saturated carbocycles. The van der Waals surface area contributed by atoms with Gasteiger partial charge >= 0.3 is 0 Å². The SMILES string of the molecule is CN(C)c1ccc(OC2CCCN(S(=O)(=O)c3cccs3)C2)nn1. The van der Waals surface area contributed by atoms with Crippen LogP contribution in [0.5, 0.6) is 5.88 Å². The molecule has 7 nitrogen and oxygen atoms in total. The number of anilines is 1. The van der Waals surface area contributed by atoms with Gasteiger partial charge in [0.25, 0.3) is 10.0 Å². The highest BCUT2D eigenvalue weighted by Crippen LogP contribution is 2.25. The van der Waals surface area contributed by atoms with Crippen molar-refractivity contribution in [1.29, 1.82) is 0 Å². The zero-order valence-electron chi connectivity index (χ0n) is 13.6. The van der Waals surface area contributed by atoms with Crippen molar-refractivity contribution in [3.05, 3.63) is 29.6 Å². The van der Waals surface area contributed by atoms with Crippen LogP contribution < -0.4 is 9.64 Å². The minimum atomic E-state index is -3.43. The number of ether oxygens (including phenoxy) is 1. The lowest BCUT2D eigenvalue weighted by molar-refractivity contribution is 0.123. The van der Waals surface area contributed by atoms with Crippen LogP contribution in [0.3, 0.4) is 0 Å². The van der Waals surface area contributed by atoms with Gasteiger partial charge in [-0.3, -0.25) is 0 Å². The number of piperidine rings is 1. The van der Waals surface area contributed by atoms with Crippen LogP contribution in [-0.2, 0) is 10.0 Å². The monoisotopic (exact) mass is 368 g/mol. The lowest BCUT2D eigenvalue weighted by Gasteiger charge is -2.31. The number of thiophene rings is 1. The first-order chi connectivity index (χ1) is 11.5. The second kappa shape index (κ2) is 7.04. The third kappa shape index (κ3) is 3.68. The fraction of sp³-hybridized carbons (Fsp3) is 0.467. The summed E-state index contributed by atoms with van der Waals surface area (Å²) < 4.78 is 32.9. The average molecular weight is 368 g/mol. The van der Waals surface area contributed by atoms with Gasteiger partial charge in [-0.25, -0.2) is 8.42 Å². The van der Waals surface area contributed by atoms with Crippen molar-refractivity contribution in [3.63, 3.8) is 0 Å². The molecule has 3 heterocycles. The van der Waals surface area contributed by atoms with Crippen LogP contribution in [0.15, 0.2) is 33.9 Å². The minimum absolute atomic E-state index is 0.215. The number of rotatable bonds is 5. The fourth-order valence-corrected chi connectivity index (χ4v) is 5.20. The van der Waals surface area contributed by atoms with Gasteiger partial charge in [-0.2, -0.15) is 4.31 Å². The Balaban J connectivity index is 1.67. The third-order valence-corrected chi connectivity index (χ3v) is 7.04. The summed E-state index contributed by atoms with van der Waals surface area (Å²) in [6, 6.07) is 6.97. The molecular formula is C15H20N4O3S2. The van der Waals surface area contributed by atoms with E-state index in [1.54, 1.807) is 23.6 Å². The highest BCUT2D eigenvalue weighted by molar-refractivity contribution is 7.91. The van der Waals surface area contributed by atoms with E-state index in [9.17, 15) is 8.42 Å². The van der Waals surface area contributed by atoms with Crippen LogP contribution in [-0.4, -0.2) is 56.2 Å². The van der Waals surface area contributed by atoms with E-state index in [1.165, 1.54) is 15.6 Å². The number of sulfonamides is 1. The van der Waals surface area contributed by atoms with Gasteiger partial charge < -0.3 is 9.64 Å². The summed E-state index contributed by atoms with van der Waals surface area (Å²) in [5.41, 5.74) is 0.